The van der Waals surface area contributed by atoms with Crippen LogP contribution in [-0.2, 0) is 17.6 Å². The van der Waals surface area contributed by atoms with Gasteiger partial charge in [-0.1, -0.05) is 17.7 Å². The Morgan fingerprint density at radius 1 is 1.24 bits per heavy atom. The molecule has 1 aromatic heterocycles. The number of benzene rings is 1. The molecule has 0 saturated carbocycles. The molecule has 2 aromatic rings. The van der Waals surface area contributed by atoms with E-state index in [2.05, 4.69) is 10.4 Å². The lowest BCUT2D eigenvalue weighted by atomic mass is 9.95. The zero-order chi connectivity index (χ0) is 18.0. The summed E-state index contributed by atoms with van der Waals surface area (Å²) in [7, 11) is 0. The summed E-state index contributed by atoms with van der Waals surface area (Å²) < 4.78 is 1.87. The molecule has 6 nitrogen and oxygen atoms in total. The Kier molecular flexibility index (Phi) is 4.88. The molecule has 0 fully saturated rings. The van der Waals surface area contributed by atoms with Crippen LogP contribution in [-0.4, -0.2) is 32.8 Å². The first-order chi connectivity index (χ1) is 12.0. The number of fused-ring (bicyclic) bond motifs is 1. The van der Waals surface area contributed by atoms with Crippen LogP contribution in [0.15, 0.2) is 24.3 Å². The molecule has 1 atom stereocenters. The van der Waals surface area contributed by atoms with Crippen LogP contribution in [0.5, 0.6) is 0 Å². The number of nitrogens with one attached hydrogen (secondary N) is 1. The third-order valence-corrected chi connectivity index (χ3v) is 4.53. The number of carboxylic acids is 1. The summed E-state index contributed by atoms with van der Waals surface area (Å²) in [5.74, 6) is -1.22. The Morgan fingerprint density at radius 2 is 1.92 bits per heavy atom. The van der Waals surface area contributed by atoms with Crippen molar-refractivity contribution in [2.24, 2.45) is 0 Å². The van der Waals surface area contributed by atoms with E-state index in [9.17, 15) is 9.59 Å². The van der Waals surface area contributed by atoms with Gasteiger partial charge in [0.25, 0.3) is 5.91 Å². The van der Waals surface area contributed by atoms with E-state index in [4.69, 9.17) is 5.11 Å². The normalized spacial score (nSPS) is 14.6. The summed E-state index contributed by atoms with van der Waals surface area (Å²) in [4.78, 5) is 23.4. The molecule has 6 heteroatoms. The molecule has 1 aliphatic rings. The van der Waals surface area contributed by atoms with E-state index < -0.39 is 12.0 Å². The zero-order valence-corrected chi connectivity index (χ0v) is 14.6. The standard InChI is InChI=1S/C19H23N3O3/c1-12-7-9-14(10-8-12)22-16-6-4-3-5-15(16)18(21-22)19(25)20-13(2)11-17(23)24/h7-10,13H,3-6,11H2,1-2H3,(H,20,25)(H,23,24). The predicted octanol–water partition coefficient (Wildman–Crippen LogP) is 2.65. The third kappa shape index (κ3) is 3.73. The van der Waals surface area contributed by atoms with Crippen molar-refractivity contribution in [2.75, 3.05) is 0 Å². The molecule has 1 aliphatic carbocycles. The highest BCUT2D eigenvalue weighted by Gasteiger charge is 2.26. The fourth-order valence-electron chi connectivity index (χ4n) is 3.29. The van der Waals surface area contributed by atoms with E-state index in [1.54, 1.807) is 6.92 Å². The van der Waals surface area contributed by atoms with Crippen molar-refractivity contribution >= 4 is 11.9 Å². The van der Waals surface area contributed by atoms with Gasteiger partial charge >= 0.3 is 5.97 Å². The highest BCUT2D eigenvalue weighted by atomic mass is 16.4. The van der Waals surface area contributed by atoms with E-state index in [1.807, 2.05) is 35.9 Å². The number of amides is 1. The highest BCUT2D eigenvalue weighted by molar-refractivity contribution is 5.94. The number of rotatable bonds is 5. The number of carbonyl (C=O) groups excluding carboxylic acids is 1. The lowest BCUT2D eigenvalue weighted by Crippen LogP contribution is -2.35. The van der Waals surface area contributed by atoms with Crippen LogP contribution in [0.25, 0.3) is 5.69 Å². The van der Waals surface area contributed by atoms with E-state index in [0.29, 0.717) is 5.69 Å². The monoisotopic (exact) mass is 341 g/mol. The molecule has 0 aliphatic heterocycles. The van der Waals surface area contributed by atoms with Gasteiger partial charge in [0.2, 0.25) is 0 Å². The number of hydrogen-bond donors (Lipinski definition) is 2. The number of nitrogens with zero attached hydrogens (tertiary/aromatic N) is 2. The van der Waals surface area contributed by atoms with E-state index in [1.165, 1.54) is 5.56 Å². The number of aryl methyl sites for hydroxylation is 1. The second-order valence-corrected chi connectivity index (χ2v) is 6.70. The van der Waals surface area contributed by atoms with Gasteiger partial charge in [-0.2, -0.15) is 5.10 Å². The van der Waals surface area contributed by atoms with Crippen molar-refractivity contribution in [3.05, 3.63) is 46.8 Å². The van der Waals surface area contributed by atoms with Crippen LogP contribution in [0.1, 0.15) is 53.5 Å². The number of carbonyl (C=O) groups is 2. The first-order valence-corrected chi connectivity index (χ1v) is 8.66. The van der Waals surface area contributed by atoms with Crippen LogP contribution < -0.4 is 5.32 Å². The summed E-state index contributed by atoms with van der Waals surface area (Å²) in [5, 5.41) is 16.2. The fraction of sp³-hybridized carbons (Fsp3) is 0.421. The van der Waals surface area contributed by atoms with Crippen molar-refractivity contribution in [2.45, 2.75) is 52.0 Å². The van der Waals surface area contributed by atoms with Crippen molar-refractivity contribution in [3.63, 3.8) is 0 Å². The Bertz CT molecular complexity index is 793. The lowest BCUT2D eigenvalue weighted by Gasteiger charge is -2.15. The van der Waals surface area contributed by atoms with Gasteiger partial charge < -0.3 is 10.4 Å². The average molecular weight is 341 g/mol. The minimum absolute atomic E-state index is 0.105. The van der Waals surface area contributed by atoms with Gasteiger partial charge in [-0.05, 0) is 51.7 Å². The number of aromatic nitrogens is 2. The Labute approximate surface area is 146 Å². The molecular formula is C19H23N3O3. The quantitative estimate of drug-likeness (QED) is 0.876. The SMILES string of the molecule is Cc1ccc(-n2nc(C(=O)NC(C)CC(=O)O)c3c2CCCC3)cc1. The van der Waals surface area contributed by atoms with Crippen LogP contribution in [0.3, 0.4) is 0 Å². The van der Waals surface area contributed by atoms with Crippen LogP contribution in [0.4, 0.5) is 0 Å². The molecule has 2 N–H and O–H groups in total. The summed E-state index contributed by atoms with van der Waals surface area (Å²) in [6.07, 6.45) is 3.75. The molecule has 0 radical (unpaired) electrons. The first kappa shape index (κ1) is 17.2. The van der Waals surface area contributed by atoms with Gasteiger partial charge in [0.05, 0.1) is 12.1 Å². The maximum absolute atomic E-state index is 12.6. The fourth-order valence-corrected chi connectivity index (χ4v) is 3.29. The van der Waals surface area contributed by atoms with E-state index in [-0.39, 0.29) is 12.3 Å². The maximum atomic E-state index is 12.6. The first-order valence-electron chi connectivity index (χ1n) is 8.66. The van der Waals surface area contributed by atoms with Crippen LogP contribution in [0, 0.1) is 6.92 Å². The second-order valence-electron chi connectivity index (χ2n) is 6.70. The minimum Gasteiger partial charge on any atom is -0.481 e. The molecule has 1 unspecified atom stereocenters. The molecule has 3 rings (SSSR count). The minimum atomic E-state index is -0.931. The largest absolute Gasteiger partial charge is 0.481 e. The van der Waals surface area contributed by atoms with Crippen LogP contribution >= 0.6 is 0 Å². The van der Waals surface area contributed by atoms with Crippen molar-refractivity contribution in [1.82, 2.24) is 15.1 Å². The molecule has 132 valence electrons. The maximum Gasteiger partial charge on any atom is 0.305 e. The summed E-state index contributed by atoms with van der Waals surface area (Å²) >= 11 is 0. The predicted molar refractivity (Wildman–Crippen MR) is 94.1 cm³/mol. The van der Waals surface area contributed by atoms with Crippen molar-refractivity contribution < 1.29 is 14.7 Å². The van der Waals surface area contributed by atoms with Gasteiger partial charge in [0, 0.05) is 17.3 Å². The molecule has 0 spiro atoms. The summed E-state index contributed by atoms with van der Waals surface area (Å²) in [5.41, 5.74) is 4.62. The Hall–Kier alpha value is -2.63. The number of carboxylic acid groups (broad SMARTS) is 1. The summed E-state index contributed by atoms with van der Waals surface area (Å²) in [6, 6.07) is 7.63. The van der Waals surface area contributed by atoms with Crippen molar-refractivity contribution in [3.8, 4) is 5.69 Å². The number of aliphatic carboxylic acids is 1. The van der Waals surface area contributed by atoms with Gasteiger partial charge in [0.1, 0.15) is 0 Å². The zero-order valence-electron chi connectivity index (χ0n) is 14.6. The molecule has 25 heavy (non-hydrogen) atoms. The van der Waals surface area contributed by atoms with Gasteiger partial charge in [0.15, 0.2) is 5.69 Å². The molecule has 1 aromatic carbocycles. The van der Waals surface area contributed by atoms with E-state index >= 15 is 0 Å². The van der Waals surface area contributed by atoms with Crippen molar-refractivity contribution in [1.29, 1.82) is 0 Å². The third-order valence-electron chi connectivity index (χ3n) is 4.53. The highest BCUT2D eigenvalue weighted by Crippen LogP contribution is 2.27. The van der Waals surface area contributed by atoms with E-state index in [0.717, 1.165) is 42.6 Å². The molecular weight excluding hydrogens is 318 g/mol. The summed E-state index contributed by atoms with van der Waals surface area (Å²) in [6.45, 7) is 3.72. The van der Waals surface area contributed by atoms with Crippen LogP contribution in [0.2, 0.25) is 0 Å². The average Bonchev–Trinajstić information content (AvgIpc) is 2.94. The Morgan fingerprint density at radius 3 is 2.60 bits per heavy atom. The molecule has 1 amide bonds. The number of hydrogen-bond acceptors (Lipinski definition) is 3. The smallest absolute Gasteiger partial charge is 0.305 e. The molecule has 0 saturated heterocycles. The molecule has 0 bridgehead atoms. The topological polar surface area (TPSA) is 84.2 Å². The van der Waals surface area contributed by atoms with Gasteiger partial charge in [-0.25, -0.2) is 4.68 Å². The van der Waals surface area contributed by atoms with Gasteiger partial charge in [-0.3, -0.25) is 9.59 Å². The Balaban J connectivity index is 1.93. The lowest BCUT2D eigenvalue weighted by molar-refractivity contribution is -0.137. The van der Waals surface area contributed by atoms with Gasteiger partial charge in [-0.15, -0.1) is 0 Å². The molecule has 1 heterocycles. The second kappa shape index (κ2) is 7.09.